The van der Waals surface area contributed by atoms with E-state index in [0.717, 1.165) is 15.8 Å². The number of hydrogen-bond donors (Lipinski definition) is 0. The maximum Gasteiger partial charge on any atom is 0.248 e. The minimum Gasteiger partial charge on any atom is -0.317 e. The van der Waals surface area contributed by atoms with Crippen LogP contribution in [-0.4, -0.2) is 24.6 Å². The third-order valence-electron chi connectivity index (χ3n) is 4.26. The van der Waals surface area contributed by atoms with Gasteiger partial charge in [-0.1, -0.05) is 41.7 Å². The first-order chi connectivity index (χ1) is 13.4. The average Bonchev–Trinajstić information content (AvgIpc) is 2.97. The summed E-state index contributed by atoms with van der Waals surface area (Å²) in [6.07, 6.45) is 0.281. The van der Waals surface area contributed by atoms with Crippen LogP contribution >= 0.6 is 11.3 Å². The molecule has 1 heterocycles. The highest BCUT2D eigenvalue weighted by Gasteiger charge is 2.13. The molecular weight excluding hydrogens is 399 g/mol. The Morgan fingerprint density at radius 2 is 1.93 bits per heavy atom. The number of rotatable bonds is 7. The number of sulfone groups is 1. The molecule has 28 heavy (non-hydrogen) atoms. The molecule has 0 bridgehead atoms. The summed E-state index contributed by atoms with van der Waals surface area (Å²) in [6.45, 7) is 2.53. The van der Waals surface area contributed by atoms with Gasteiger partial charge in [-0.25, -0.2) is 12.8 Å². The Hall–Kier alpha value is -2.32. The van der Waals surface area contributed by atoms with Gasteiger partial charge in [0.25, 0.3) is 0 Å². The van der Waals surface area contributed by atoms with Crippen molar-refractivity contribution in [3.05, 3.63) is 64.7 Å². The molecule has 8 heteroatoms. The van der Waals surface area contributed by atoms with Crippen molar-refractivity contribution in [1.29, 1.82) is 0 Å². The van der Waals surface area contributed by atoms with Crippen LogP contribution in [0.3, 0.4) is 0 Å². The molecule has 0 unspecified atom stereocenters. The number of thiazole rings is 1. The number of amides is 1. The van der Waals surface area contributed by atoms with E-state index in [4.69, 9.17) is 0 Å². The van der Waals surface area contributed by atoms with E-state index in [1.54, 1.807) is 30.3 Å². The van der Waals surface area contributed by atoms with Crippen molar-refractivity contribution >= 4 is 37.3 Å². The molecule has 2 aromatic carbocycles. The van der Waals surface area contributed by atoms with E-state index < -0.39 is 9.84 Å². The molecular formula is C20H21FN2O3S2. The Morgan fingerprint density at radius 1 is 1.18 bits per heavy atom. The molecule has 1 amide bonds. The number of carbonyl (C=O) groups excluding carboxylic acids is 1. The number of fused-ring (bicyclic) bond motifs is 1. The highest BCUT2D eigenvalue weighted by Crippen LogP contribution is 2.18. The lowest BCUT2D eigenvalue weighted by Gasteiger charge is -2.03. The fraction of sp³-hybridized carbons (Fsp3) is 0.300. The lowest BCUT2D eigenvalue weighted by molar-refractivity contribution is -0.118. The Bertz CT molecular complexity index is 1150. The van der Waals surface area contributed by atoms with Crippen LogP contribution in [0.1, 0.15) is 25.3 Å². The van der Waals surface area contributed by atoms with E-state index in [9.17, 15) is 17.6 Å². The minimum atomic E-state index is -3.28. The van der Waals surface area contributed by atoms with Gasteiger partial charge in [-0.2, -0.15) is 4.99 Å². The van der Waals surface area contributed by atoms with Crippen molar-refractivity contribution in [3.63, 3.8) is 0 Å². The maximum absolute atomic E-state index is 13.4. The lowest BCUT2D eigenvalue weighted by Crippen LogP contribution is -2.16. The quantitative estimate of drug-likeness (QED) is 0.585. The van der Waals surface area contributed by atoms with Gasteiger partial charge in [0.15, 0.2) is 14.6 Å². The van der Waals surface area contributed by atoms with Gasteiger partial charge in [0.05, 0.1) is 21.7 Å². The zero-order chi connectivity index (χ0) is 20.1. The van der Waals surface area contributed by atoms with Crippen LogP contribution < -0.4 is 4.80 Å². The number of nitrogens with zero attached hydrogens (tertiary/aromatic N) is 2. The van der Waals surface area contributed by atoms with Crippen LogP contribution in [0, 0.1) is 5.82 Å². The van der Waals surface area contributed by atoms with Gasteiger partial charge in [0, 0.05) is 13.0 Å². The van der Waals surface area contributed by atoms with Gasteiger partial charge in [0.1, 0.15) is 5.82 Å². The largest absolute Gasteiger partial charge is 0.317 e. The Kier molecular flexibility index (Phi) is 6.41. The summed E-state index contributed by atoms with van der Waals surface area (Å²) in [5.74, 6) is -0.798. The molecule has 0 fully saturated rings. The summed E-state index contributed by atoms with van der Waals surface area (Å²) >= 11 is 1.25. The van der Waals surface area contributed by atoms with Crippen LogP contribution in [0.4, 0.5) is 4.39 Å². The molecule has 0 saturated carbocycles. The van der Waals surface area contributed by atoms with Crippen molar-refractivity contribution in [3.8, 4) is 0 Å². The molecule has 0 radical (unpaired) electrons. The number of benzene rings is 2. The summed E-state index contributed by atoms with van der Waals surface area (Å²) in [4.78, 5) is 16.9. The molecule has 0 spiro atoms. The standard InChI is InChI=1S/C20H21FN2O3S2/c1-2-23-17-11-10-16(21)13-18(17)27-20(23)22-19(24)9-6-12-28(25,26)14-15-7-4-3-5-8-15/h3-5,7-8,10-11,13H,2,6,9,12,14H2,1H3. The third kappa shape index (κ3) is 5.14. The van der Waals surface area contributed by atoms with Crippen molar-refractivity contribution in [2.24, 2.45) is 4.99 Å². The Morgan fingerprint density at radius 3 is 2.64 bits per heavy atom. The first-order valence-electron chi connectivity index (χ1n) is 8.99. The average molecular weight is 421 g/mol. The first kappa shape index (κ1) is 20.4. The molecule has 1 aromatic heterocycles. The molecule has 0 aliphatic heterocycles. The van der Waals surface area contributed by atoms with Crippen molar-refractivity contribution in [2.45, 2.75) is 32.1 Å². The predicted octanol–water partition coefficient (Wildman–Crippen LogP) is 3.68. The highest BCUT2D eigenvalue weighted by atomic mass is 32.2. The highest BCUT2D eigenvalue weighted by molar-refractivity contribution is 7.90. The summed E-state index contributed by atoms with van der Waals surface area (Å²) in [6, 6.07) is 13.4. The van der Waals surface area contributed by atoms with E-state index in [-0.39, 0.29) is 36.1 Å². The van der Waals surface area contributed by atoms with Crippen molar-refractivity contribution in [1.82, 2.24) is 4.57 Å². The van der Waals surface area contributed by atoms with Gasteiger partial charge in [-0.15, -0.1) is 0 Å². The molecule has 0 saturated heterocycles. The number of aromatic nitrogens is 1. The van der Waals surface area contributed by atoms with Crippen molar-refractivity contribution in [2.75, 3.05) is 5.75 Å². The Balaban J connectivity index is 1.66. The molecule has 0 atom stereocenters. The van der Waals surface area contributed by atoms with Crippen molar-refractivity contribution < 1.29 is 17.6 Å². The zero-order valence-corrected chi connectivity index (χ0v) is 17.1. The molecule has 148 valence electrons. The predicted molar refractivity (Wildman–Crippen MR) is 109 cm³/mol. The Labute approximate surface area is 167 Å². The van der Waals surface area contributed by atoms with E-state index in [0.29, 0.717) is 11.3 Å². The topological polar surface area (TPSA) is 68.5 Å². The van der Waals surface area contributed by atoms with Gasteiger partial charge in [-0.05, 0) is 37.1 Å². The van der Waals surface area contributed by atoms with E-state index in [1.807, 2.05) is 17.6 Å². The zero-order valence-electron chi connectivity index (χ0n) is 15.5. The van der Waals surface area contributed by atoms with Gasteiger partial charge in [0.2, 0.25) is 5.91 Å². The second kappa shape index (κ2) is 8.79. The van der Waals surface area contributed by atoms with E-state index >= 15 is 0 Å². The number of carbonyl (C=O) groups is 1. The fourth-order valence-electron chi connectivity index (χ4n) is 2.94. The monoisotopic (exact) mass is 420 g/mol. The summed E-state index contributed by atoms with van der Waals surface area (Å²) in [5.41, 5.74) is 1.56. The van der Waals surface area contributed by atoms with Crippen LogP contribution in [0.25, 0.3) is 10.2 Å². The molecule has 0 aliphatic carbocycles. The number of aryl methyl sites for hydroxylation is 1. The first-order valence-corrected chi connectivity index (χ1v) is 11.6. The van der Waals surface area contributed by atoms with Crippen LogP contribution in [-0.2, 0) is 26.9 Å². The third-order valence-corrected chi connectivity index (χ3v) is 6.98. The smallest absolute Gasteiger partial charge is 0.248 e. The van der Waals surface area contributed by atoms with Gasteiger partial charge < -0.3 is 4.57 Å². The number of halogens is 1. The number of hydrogen-bond acceptors (Lipinski definition) is 4. The SMILES string of the molecule is CCn1c(=NC(=O)CCCS(=O)(=O)Cc2ccccc2)sc2cc(F)ccc21. The van der Waals surface area contributed by atoms with E-state index in [2.05, 4.69) is 4.99 Å². The second-order valence-electron chi connectivity index (χ2n) is 6.43. The van der Waals surface area contributed by atoms with E-state index in [1.165, 1.54) is 23.5 Å². The molecule has 0 N–H and O–H groups in total. The lowest BCUT2D eigenvalue weighted by atomic mass is 10.2. The molecule has 3 aromatic rings. The second-order valence-corrected chi connectivity index (χ2v) is 9.62. The van der Waals surface area contributed by atoms with Crippen LogP contribution in [0.15, 0.2) is 53.5 Å². The van der Waals surface area contributed by atoms with Gasteiger partial charge in [-0.3, -0.25) is 4.79 Å². The summed E-state index contributed by atoms with van der Waals surface area (Å²) in [5, 5.41) is 0. The van der Waals surface area contributed by atoms with Crippen LogP contribution in [0.2, 0.25) is 0 Å². The van der Waals surface area contributed by atoms with Crippen LogP contribution in [0.5, 0.6) is 0 Å². The van der Waals surface area contributed by atoms with Gasteiger partial charge >= 0.3 is 0 Å². The molecule has 0 aliphatic rings. The maximum atomic E-state index is 13.4. The molecule has 5 nitrogen and oxygen atoms in total. The summed E-state index contributed by atoms with van der Waals surface area (Å²) in [7, 11) is -3.28. The molecule has 3 rings (SSSR count). The summed E-state index contributed by atoms with van der Waals surface area (Å²) < 4.78 is 40.4. The normalized spacial score (nSPS) is 12.6. The minimum absolute atomic E-state index is 0.0309. The fourth-order valence-corrected chi connectivity index (χ4v) is 5.51.